The first-order valence-electron chi connectivity index (χ1n) is 9.34. The van der Waals surface area contributed by atoms with Crippen LogP contribution in [0.4, 0.5) is 0 Å². The molecule has 0 heterocycles. The SMILES string of the molecule is C=C[C@H](Cc1ccccc1)N(SNS(=O)(=O)c1ccccc1)S(=O)(=O)c1ccccc1. The summed E-state index contributed by atoms with van der Waals surface area (Å²) in [5, 5.41) is 0. The van der Waals surface area contributed by atoms with E-state index in [9.17, 15) is 16.8 Å². The third kappa shape index (κ3) is 5.84. The number of benzene rings is 3. The molecule has 162 valence electrons. The molecule has 0 fully saturated rings. The molecule has 0 unspecified atom stereocenters. The van der Waals surface area contributed by atoms with E-state index in [4.69, 9.17) is 0 Å². The van der Waals surface area contributed by atoms with Gasteiger partial charge in [0.2, 0.25) is 0 Å². The largest absolute Gasteiger partial charge is 0.253 e. The van der Waals surface area contributed by atoms with Crippen LogP contribution in [0.5, 0.6) is 0 Å². The molecule has 31 heavy (non-hydrogen) atoms. The zero-order valence-corrected chi connectivity index (χ0v) is 19.0. The molecule has 1 N–H and O–H groups in total. The number of nitrogens with one attached hydrogen (secondary N) is 1. The standard InChI is InChI=1S/C22H22N2O4S3/c1-2-20(18-19-12-6-3-7-13-19)24(31(27,28)22-16-10-5-11-17-22)29-23-30(25,26)21-14-8-4-9-15-21/h2-17,20,23H,1,18H2/t20-/m1/s1. The van der Waals surface area contributed by atoms with E-state index in [0.717, 1.165) is 9.27 Å². The van der Waals surface area contributed by atoms with Gasteiger partial charge >= 0.3 is 0 Å². The fourth-order valence-corrected chi connectivity index (χ4v) is 6.86. The second-order valence-corrected chi connectivity index (χ2v) is 11.3. The van der Waals surface area contributed by atoms with Gasteiger partial charge < -0.3 is 0 Å². The minimum atomic E-state index is -4.04. The molecule has 0 radical (unpaired) electrons. The molecule has 0 aliphatic rings. The van der Waals surface area contributed by atoms with Gasteiger partial charge in [-0.05, 0) is 36.2 Å². The van der Waals surface area contributed by atoms with Crippen LogP contribution in [0.15, 0.2) is 113 Å². The lowest BCUT2D eigenvalue weighted by atomic mass is 10.1. The van der Waals surface area contributed by atoms with Gasteiger partial charge in [0.15, 0.2) is 0 Å². The van der Waals surface area contributed by atoms with Gasteiger partial charge in [-0.15, -0.1) is 14.4 Å². The molecule has 6 nitrogen and oxygen atoms in total. The molecule has 0 aromatic heterocycles. The molecule has 0 bridgehead atoms. The van der Waals surface area contributed by atoms with Crippen LogP contribution in [0, 0.1) is 0 Å². The lowest BCUT2D eigenvalue weighted by molar-refractivity contribution is 0.503. The van der Waals surface area contributed by atoms with E-state index in [1.54, 1.807) is 36.4 Å². The lowest BCUT2D eigenvalue weighted by Gasteiger charge is -2.27. The summed E-state index contributed by atoms with van der Waals surface area (Å²) in [6.07, 6.45) is 1.83. The normalized spacial score (nSPS) is 13.1. The molecular weight excluding hydrogens is 452 g/mol. The van der Waals surface area contributed by atoms with Crippen LogP contribution in [0.2, 0.25) is 0 Å². The molecule has 3 aromatic carbocycles. The fraction of sp³-hybridized carbons (Fsp3) is 0.0909. The molecule has 0 spiro atoms. The predicted molar refractivity (Wildman–Crippen MR) is 124 cm³/mol. The molecule has 9 heteroatoms. The molecule has 0 saturated heterocycles. The number of nitrogens with zero attached hydrogens (tertiary/aromatic N) is 1. The zero-order chi connectivity index (χ0) is 22.3. The maximum Gasteiger partial charge on any atom is 0.253 e. The Hall–Kier alpha value is -2.43. The van der Waals surface area contributed by atoms with Gasteiger partial charge in [0.05, 0.1) is 15.8 Å². The summed E-state index contributed by atoms with van der Waals surface area (Å²) < 4.78 is 55.6. The third-order valence-electron chi connectivity index (χ3n) is 4.40. The van der Waals surface area contributed by atoms with Crippen molar-refractivity contribution in [3.05, 3.63) is 109 Å². The minimum Gasteiger partial charge on any atom is -0.206 e. The fourth-order valence-electron chi connectivity index (χ4n) is 2.82. The van der Waals surface area contributed by atoms with Gasteiger partial charge in [0.1, 0.15) is 0 Å². The summed E-state index contributed by atoms with van der Waals surface area (Å²) in [6, 6.07) is 24.3. The summed E-state index contributed by atoms with van der Waals surface area (Å²) in [5.74, 6) is 0. The third-order valence-corrected chi connectivity index (χ3v) is 9.34. The lowest BCUT2D eigenvalue weighted by Crippen LogP contribution is -2.38. The van der Waals surface area contributed by atoms with Crippen molar-refractivity contribution in [1.29, 1.82) is 0 Å². The second-order valence-electron chi connectivity index (χ2n) is 6.56. The molecule has 3 aromatic rings. The average Bonchev–Trinajstić information content (AvgIpc) is 2.80. The Bertz CT molecular complexity index is 1200. The Labute approximate surface area is 188 Å². The smallest absolute Gasteiger partial charge is 0.206 e. The Morgan fingerprint density at radius 3 is 1.81 bits per heavy atom. The number of rotatable bonds is 10. The van der Waals surface area contributed by atoms with Crippen LogP contribution >= 0.6 is 12.1 Å². The van der Waals surface area contributed by atoms with E-state index >= 15 is 0 Å². The number of hydrogen-bond donors (Lipinski definition) is 1. The van der Waals surface area contributed by atoms with E-state index in [2.05, 4.69) is 10.7 Å². The Morgan fingerprint density at radius 1 is 0.806 bits per heavy atom. The van der Waals surface area contributed by atoms with Crippen LogP contribution < -0.4 is 4.13 Å². The van der Waals surface area contributed by atoms with Crippen LogP contribution in [0.25, 0.3) is 0 Å². The van der Waals surface area contributed by atoms with Crippen LogP contribution in [0.1, 0.15) is 5.56 Å². The Kier molecular flexibility index (Phi) is 7.69. The minimum absolute atomic E-state index is 0.0396. The van der Waals surface area contributed by atoms with Crippen molar-refractivity contribution in [3.8, 4) is 0 Å². The number of sulfonamides is 2. The highest BCUT2D eigenvalue weighted by Gasteiger charge is 2.33. The van der Waals surface area contributed by atoms with Gasteiger partial charge in [0.25, 0.3) is 20.0 Å². The van der Waals surface area contributed by atoms with Gasteiger partial charge in [-0.3, -0.25) is 0 Å². The van der Waals surface area contributed by atoms with E-state index < -0.39 is 26.1 Å². The summed E-state index contributed by atoms with van der Waals surface area (Å²) in [7, 11) is -7.98. The van der Waals surface area contributed by atoms with Crippen molar-refractivity contribution in [3.63, 3.8) is 0 Å². The maximum atomic E-state index is 13.4. The van der Waals surface area contributed by atoms with Crippen molar-refractivity contribution >= 4 is 32.2 Å². The predicted octanol–water partition coefficient (Wildman–Crippen LogP) is 4.02. The van der Waals surface area contributed by atoms with Crippen LogP contribution in [0.3, 0.4) is 0 Å². The zero-order valence-electron chi connectivity index (χ0n) is 16.5. The van der Waals surface area contributed by atoms with Gasteiger partial charge in [0, 0.05) is 12.1 Å². The van der Waals surface area contributed by atoms with E-state index in [-0.39, 0.29) is 9.79 Å². The number of hydrogen-bond acceptors (Lipinski definition) is 5. The van der Waals surface area contributed by atoms with Crippen LogP contribution in [-0.2, 0) is 26.5 Å². The monoisotopic (exact) mass is 474 g/mol. The highest BCUT2D eigenvalue weighted by Crippen LogP contribution is 2.28. The Morgan fingerprint density at radius 2 is 1.29 bits per heavy atom. The van der Waals surface area contributed by atoms with Crippen molar-refractivity contribution in [2.24, 2.45) is 0 Å². The van der Waals surface area contributed by atoms with Crippen molar-refractivity contribution in [2.45, 2.75) is 22.3 Å². The molecular formula is C22H22N2O4S3. The second kappa shape index (κ2) is 10.3. The molecule has 3 rings (SSSR count). The topological polar surface area (TPSA) is 83.6 Å². The molecule has 1 atom stereocenters. The van der Waals surface area contributed by atoms with Gasteiger partial charge in [-0.2, -0.15) is 0 Å². The first kappa shape index (κ1) is 23.2. The molecule has 0 amide bonds. The Balaban J connectivity index is 1.95. The summed E-state index contributed by atoms with van der Waals surface area (Å²) in [5.41, 5.74) is 0.896. The molecule has 0 aliphatic carbocycles. The average molecular weight is 475 g/mol. The van der Waals surface area contributed by atoms with E-state index in [0.29, 0.717) is 18.6 Å². The molecule has 0 saturated carbocycles. The van der Waals surface area contributed by atoms with E-state index in [1.165, 1.54) is 30.3 Å². The maximum absolute atomic E-state index is 13.4. The molecule has 0 aliphatic heterocycles. The van der Waals surface area contributed by atoms with Crippen molar-refractivity contribution in [1.82, 2.24) is 7.84 Å². The van der Waals surface area contributed by atoms with E-state index in [1.807, 2.05) is 30.3 Å². The van der Waals surface area contributed by atoms with Crippen molar-refractivity contribution in [2.75, 3.05) is 0 Å². The summed E-state index contributed by atoms with van der Waals surface area (Å²) >= 11 is 0.513. The van der Waals surface area contributed by atoms with Crippen molar-refractivity contribution < 1.29 is 16.8 Å². The summed E-state index contributed by atoms with van der Waals surface area (Å²) in [6.45, 7) is 3.79. The van der Waals surface area contributed by atoms with Gasteiger partial charge in [-0.25, -0.2) is 16.8 Å². The summed E-state index contributed by atoms with van der Waals surface area (Å²) in [4.78, 5) is 0.0964. The van der Waals surface area contributed by atoms with Gasteiger partial charge in [-0.1, -0.05) is 72.8 Å². The quantitative estimate of drug-likeness (QED) is 0.355. The van der Waals surface area contributed by atoms with Crippen LogP contribution in [-0.4, -0.2) is 26.6 Å². The highest BCUT2D eigenvalue weighted by atomic mass is 32.3. The highest BCUT2D eigenvalue weighted by molar-refractivity contribution is 8.13. The first-order chi connectivity index (χ1) is 14.8. The first-order valence-corrected chi connectivity index (χ1v) is 13.0.